The van der Waals surface area contributed by atoms with Crippen molar-refractivity contribution in [1.82, 2.24) is 20.6 Å². The summed E-state index contributed by atoms with van der Waals surface area (Å²) in [6.07, 6.45) is 0.716. The first kappa shape index (κ1) is 19.1. The molecule has 3 N–H and O–H groups in total. The first-order valence-corrected chi connectivity index (χ1v) is 8.66. The van der Waals surface area contributed by atoms with E-state index in [-0.39, 0.29) is 18.5 Å². The molecule has 3 heterocycles. The Hall–Kier alpha value is -2.69. The normalized spacial score (nSPS) is 28.1. The molecule has 2 fully saturated rings. The lowest BCUT2D eigenvalue weighted by molar-refractivity contribution is -0.219. The molecule has 148 valence electrons. The molecule has 0 radical (unpaired) electrons. The smallest absolute Gasteiger partial charge is 0.368 e. The molecule has 3 aliphatic rings. The van der Waals surface area contributed by atoms with Crippen LogP contribution in [0.5, 0.6) is 0 Å². The average Bonchev–Trinajstić information content (AvgIpc) is 3.11. The van der Waals surface area contributed by atoms with Crippen molar-refractivity contribution < 1.29 is 33.5 Å². The Bertz CT molecular complexity index is 698. The van der Waals surface area contributed by atoms with Crippen LogP contribution in [0.3, 0.4) is 0 Å². The van der Waals surface area contributed by atoms with Gasteiger partial charge in [0.05, 0.1) is 12.6 Å². The van der Waals surface area contributed by atoms with Crippen molar-refractivity contribution in [1.29, 1.82) is 0 Å². The van der Waals surface area contributed by atoms with Gasteiger partial charge in [-0.2, -0.15) is 5.06 Å². The van der Waals surface area contributed by atoms with Crippen LogP contribution in [-0.2, 0) is 19.2 Å². The van der Waals surface area contributed by atoms with Crippen molar-refractivity contribution in [2.75, 3.05) is 13.1 Å². The van der Waals surface area contributed by atoms with Crippen LogP contribution >= 0.6 is 0 Å². The number of carboxylic acid groups (broad SMARTS) is 1. The predicted molar refractivity (Wildman–Crippen MR) is 87.7 cm³/mol. The minimum absolute atomic E-state index is 0.00119. The molecule has 10 nitrogen and oxygen atoms in total. The number of carboxylic acids is 1. The Labute approximate surface area is 154 Å². The minimum Gasteiger partial charge on any atom is -0.477 e. The number of fused-ring (bicyclic) bond motifs is 2. The summed E-state index contributed by atoms with van der Waals surface area (Å²) < 4.78 is 13.3. The maximum atomic E-state index is 13.3. The third kappa shape index (κ3) is 3.87. The van der Waals surface area contributed by atoms with Crippen LogP contribution in [0.15, 0.2) is 11.6 Å². The van der Waals surface area contributed by atoms with E-state index < -0.39 is 36.3 Å². The summed E-state index contributed by atoms with van der Waals surface area (Å²) in [5, 5.41) is 14.8. The number of urea groups is 1. The van der Waals surface area contributed by atoms with Crippen LogP contribution in [0.1, 0.15) is 26.2 Å². The van der Waals surface area contributed by atoms with Crippen LogP contribution < -0.4 is 10.6 Å². The van der Waals surface area contributed by atoms with E-state index in [0.717, 1.165) is 6.42 Å². The standard InChI is InChI=1S/C16H21FN4O6/c1-8-6-10-7-20(16(26)21(10)27-13(17)15(24)25)12(8)14(23)18-5-4-9-2-3-11(22)19-9/h6,9-10,12-13H,2-5,7H2,1H3,(H,18,23)(H,19,22)(H,24,25)/t9-,10+,12-,13+/m0/s1. The maximum Gasteiger partial charge on any atom is 0.368 e. The fourth-order valence-corrected chi connectivity index (χ4v) is 3.58. The van der Waals surface area contributed by atoms with E-state index in [9.17, 15) is 23.6 Å². The number of hydroxylamine groups is 2. The van der Waals surface area contributed by atoms with Crippen LogP contribution in [0, 0.1) is 0 Å². The van der Waals surface area contributed by atoms with E-state index in [0.29, 0.717) is 30.0 Å². The molecule has 4 amide bonds. The second-order valence-corrected chi connectivity index (χ2v) is 6.78. The van der Waals surface area contributed by atoms with E-state index >= 15 is 0 Å². The largest absolute Gasteiger partial charge is 0.477 e. The minimum atomic E-state index is -2.67. The van der Waals surface area contributed by atoms with E-state index in [2.05, 4.69) is 15.5 Å². The summed E-state index contributed by atoms with van der Waals surface area (Å²) in [5.74, 6) is -2.23. The molecule has 27 heavy (non-hydrogen) atoms. The number of alkyl halides is 1. The Morgan fingerprint density at radius 2 is 2.22 bits per heavy atom. The molecular weight excluding hydrogens is 363 g/mol. The summed E-state index contributed by atoms with van der Waals surface area (Å²) in [4.78, 5) is 52.6. The summed E-state index contributed by atoms with van der Waals surface area (Å²) >= 11 is 0. The topological polar surface area (TPSA) is 128 Å². The Kier molecular flexibility index (Phi) is 5.31. The van der Waals surface area contributed by atoms with Gasteiger partial charge in [-0.25, -0.2) is 18.8 Å². The van der Waals surface area contributed by atoms with Gasteiger partial charge in [0, 0.05) is 19.0 Å². The molecule has 3 aliphatic heterocycles. The molecule has 2 saturated heterocycles. The zero-order chi connectivity index (χ0) is 19.7. The zero-order valence-corrected chi connectivity index (χ0v) is 14.7. The quantitative estimate of drug-likeness (QED) is 0.509. The number of aliphatic carboxylic acids is 1. The average molecular weight is 384 g/mol. The summed E-state index contributed by atoms with van der Waals surface area (Å²) in [6, 6.07) is -2.27. The Balaban J connectivity index is 1.59. The van der Waals surface area contributed by atoms with Gasteiger partial charge in [-0.1, -0.05) is 6.08 Å². The van der Waals surface area contributed by atoms with Gasteiger partial charge in [-0.3, -0.25) is 9.59 Å². The molecule has 0 aliphatic carbocycles. The third-order valence-corrected chi connectivity index (χ3v) is 4.84. The number of nitrogens with one attached hydrogen (secondary N) is 2. The van der Waals surface area contributed by atoms with Gasteiger partial charge < -0.3 is 20.6 Å². The first-order chi connectivity index (χ1) is 12.8. The van der Waals surface area contributed by atoms with Crippen LogP contribution in [0.25, 0.3) is 0 Å². The lowest BCUT2D eigenvalue weighted by atomic mass is 10.00. The SMILES string of the molecule is CC1=C[C@@H]2CN(C(=O)N2O[C@@H](F)C(=O)O)[C@@H]1C(=O)NCC[C@@H]1CCC(=O)N1. The summed E-state index contributed by atoms with van der Waals surface area (Å²) in [6.45, 7) is 2.10. The molecule has 11 heteroatoms. The van der Waals surface area contributed by atoms with Crippen molar-refractivity contribution in [2.45, 2.75) is 50.7 Å². The lowest BCUT2D eigenvalue weighted by Crippen LogP contribution is -2.50. The lowest BCUT2D eigenvalue weighted by Gasteiger charge is -2.29. The second-order valence-electron chi connectivity index (χ2n) is 6.78. The monoisotopic (exact) mass is 384 g/mol. The highest BCUT2D eigenvalue weighted by atomic mass is 19.1. The van der Waals surface area contributed by atoms with Crippen molar-refractivity contribution in [2.24, 2.45) is 0 Å². The Morgan fingerprint density at radius 3 is 2.85 bits per heavy atom. The van der Waals surface area contributed by atoms with Gasteiger partial charge >= 0.3 is 18.4 Å². The molecule has 3 rings (SSSR count). The van der Waals surface area contributed by atoms with Crippen molar-refractivity contribution in [3.05, 3.63) is 11.6 Å². The van der Waals surface area contributed by atoms with Crippen molar-refractivity contribution in [3.63, 3.8) is 0 Å². The second kappa shape index (κ2) is 7.51. The number of carbonyl (C=O) groups excluding carboxylic acids is 3. The number of carbonyl (C=O) groups is 4. The summed E-state index contributed by atoms with van der Waals surface area (Å²) in [7, 11) is 0. The number of hydrogen-bond donors (Lipinski definition) is 3. The predicted octanol–water partition coefficient (Wildman–Crippen LogP) is -0.482. The zero-order valence-electron chi connectivity index (χ0n) is 14.7. The molecular formula is C16H21FN4O6. The molecule has 0 aromatic heterocycles. The maximum absolute atomic E-state index is 13.3. The van der Waals surface area contributed by atoms with Gasteiger partial charge in [0.25, 0.3) is 0 Å². The fourth-order valence-electron chi connectivity index (χ4n) is 3.58. The highest BCUT2D eigenvalue weighted by Crippen LogP contribution is 2.30. The Morgan fingerprint density at radius 1 is 1.48 bits per heavy atom. The highest BCUT2D eigenvalue weighted by Gasteiger charge is 2.48. The van der Waals surface area contributed by atoms with E-state index in [1.54, 1.807) is 13.0 Å². The van der Waals surface area contributed by atoms with E-state index in [4.69, 9.17) is 5.11 Å². The number of amides is 4. The van der Waals surface area contributed by atoms with Gasteiger partial charge in [0.15, 0.2) is 0 Å². The molecule has 0 unspecified atom stereocenters. The van der Waals surface area contributed by atoms with E-state index in [1.165, 1.54) is 4.90 Å². The number of halogens is 1. The molecule has 0 aromatic carbocycles. The third-order valence-electron chi connectivity index (χ3n) is 4.84. The summed E-state index contributed by atoms with van der Waals surface area (Å²) in [5.41, 5.74) is 0.586. The number of hydrogen-bond acceptors (Lipinski definition) is 5. The van der Waals surface area contributed by atoms with Crippen molar-refractivity contribution >= 4 is 23.8 Å². The fraction of sp³-hybridized carbons (Fsp3) is 0.625. The van der Waals surface area contributed by atoms with Gasteiger partial charge in [-0.15, -0.1) is 0 Å². The number of nitrogens with zero attached hydrogens (tertiary/aromatic N) is 2. The van der Waals surface area contributed by atoms with Gasteiger partial charge in [0.2, 0.25) is 11.8 Å². The molecule has 4 atom stereocenters. The highest BCUT2D eigenvalue weighted by molar-refractivity contribution is 5.91. The van der Waals surface area contributed by atoms with Crippen LogP contribution in [0.2, 0.25) is 0 Å². The molecule has 0 saturated carbocycles. The van der Waals surface area contributed by atoms with Gasteiger partial charge in [-0.05, 0) is 25.3 Å². The van der Waals surface area contributed by atoms with Crippen LogP contribution in [-0.4, -0.2) is 76.5 Å². The van der Waals surface area contributed by atoms with Crippen molar-refractivity contribution in [3.8, 4) is 0 Å². The number of rotatable bonds is 7. The molecule has 0 spiro atoms. The first-order valence-electron chi connectivity index (χ1n) is 8.66. The van der Waals surface area contributed by atoms with E-state index in [1.807, 2.05) is 0 Å². The van der Waals surface area contributed by atoms with Gasteiger partial charge in [0.1, 0.15) is 6.04 Å². The molecule has 0 aromatic rings. The van der Waals surface area contributed by atoms with Crippen LogP contribution in [0.4, 0.5) is 9.18 Å². The molecule has 2 bridgehead atoms.